The van der Waals surface area contributed by atoms with Crippen LogP contribution in [0, 0.1) is 6.92 Å². The number of anilines is 2. The van der Waals surface area contributed by atoms with Crippen molar-refractivity contribution in [2.24, 2.45) is 0 Å². The number of benzene rings is 4. The first kappa shape index (κ1) is 24.9. The van der Waals surface area contributed by atoms with Gasteiger partial charge in [-0.1, -0.05) is 77.3 Å². The molecule has 0 spiro atoms. The zero-order valence-corrected chi connectivity index (χ0v) is 21.1. The van der Waals surface area contributed by atoms with Crippen molar-refractivity contribution in [3.05, 3.63) is 124 Å². The van der Waals surface area contributed by atoms with Gasteiger partial charge < -0.3 is 10.6 Å². The Hall–Kier alpha value is -3.25. The van der Waals surface area contributed by atoms with E-state index in [2.05, 4.69) is 10.6 Å². The van der Waals surface area contributed by atoms with E-state index in [9.17, 15) is 9.59 Å². The van der Waals surface area contributed by atoms with E-state index in [1.54, 1.807) is 30.3 Å². The van der Waals surface area contributed by atoms with Gasteiger partial charge in [0.2, 0.25) is 5.91 Å². The average molecular weight is 521 g/mol. The maximum atomic E-state index is 13.3. The Labute approximate surface area is 218 Å². The van der Waals surface area contributed by atoms with E-state index in [1.807, 2.05) is 73.7 Å². The van der Waals surface area contributed by atoms with Gasteiger partial charge in [-0.3, -0.25) is 9.59 Å². The van der Waals surface area contributed by atoms with Crippen molar-refractivity contribution < 1.29 is 9.59 Å². The molecule has 4 nitrogen and oxygen atoms in total. The molecule has 0 radical (unpaired) electrons. The van der Waals surface area contributed by atoms with E-state index in [4.69, 9.17) is 23.2 Å². The number of hydrogen-bond acceptors (Lipinski definition) is 3. The van der Waals surface area contributed by atoms with Crippen molar-refractivity contribution >= 4 is 58.2 Å². The Balaban J connectivity index is 1.54. The van der Waals surface area contributed by atoms with E-state index >= 15 is 0 Å². The molecule has 0 aliphatic rings. The highest BCUT2D eigenvalue weighted by Gasteiger charge is 2.23. The first-order valence-corrected chi connectivity index (χ1v) is 12.5. The molecule has 0 aliphatic heterocycles. The molecule has 4 aromatic rings. The normalized spacial score (nSPS) is 11.5. The first-order valence-electron chi connectivity index (χ1n) is 10.8. The number of carbonyl (C=O) groups is 2. The third-order valence-corrected chi connectivity index (χ3v) is 6.81. The fourth-order valence-electron chi connectivity index (χ4n) is 3.43. The summed E-state index contributed by atoms with van der Waals surface area (Å²) in [7, 11) is 0. The highest BCUT2D eigenvalue weighted by Crippen LogP contribution is 2.37. The summed E-state index contributed by atoms with van der Waals surface area (Å²) in [6, 6.07) is 29.2. The summed E-state index contributed by atoms with van der Waals surface area (Å²) in [6.45, 7) is 1.97. The number of hydrogen-bond donors (Lipinski definition) is 2. The minimum atomic E-state index is -0.544. The van der Waals surface area contributed by atoms with Crippen molar-refractivity contribution in [3.63, 3.8) is 0 Å². The number of rotatable bonds is 7. The molecular weight excluding hydrogens is 499 g/mol. The predicted octanol–water partition coefficient (Wildman–Crippen LogP) is 8.03. The molecule has 0 saturated heterocycles. The van der Waals surface area contributed by atoms with Gasteiger partial charge in [0.25, 0.3) is 5.91 Å². The van der Waals surface area contributed by atoms with Crippen LogP contribution in [0.15, 0.2) is 102 Å². The molecule has 0 heterocycles. The van der Waals surface area contributed by atoms with Crippen LogP contribution in [0.2, 0.25) is 10.0 Å². The summed E-state index contributed by atoms with van der Waals surface area (Å²) in [6.07, 6.45) is 0. The van der Waals surface area contributed by atoms with Crippen LogP contribution in [0.25, 0.3) is 0 Å². The molecule has 2 amide bonds. The topological polar surface area (TPSA) is 58.2 Å². The molecule has 35 heavy (non-hydrogen) atoms. The summed E-state index contributed by atoms with van der Waals surface area (Å²) < 4.78 is 0. The first-order chi connectivity index (χ1) is 16.9. The molecule has 4 rings (SSSR count). The summed E-state index contributed by atoms with van der Waals surface area (Å²) in [5.74, 6) is -0.407. The summed E-state index contributed by atoms with van der Waals surface area (Å²) in [5, 5.41) is 6.18. The van der Waals surface area contributed by atoms with Crippen LogP contribution in [-0.2, 0) is 4.79 Å². The minimum absolute atomic E-state index is 0.192. The van der Waals surface area contributed by atoms with Gasteiger partial charge in [-0.05, 0) is 61.0 Å². The van der Waals surface area contributed by atoms with Gasteiger partial charge in [0.05, 0.1) is 0 Å². The maximum absolute atomic E-state index is 13.3. The van der Waals surface area contributed by atoms with Gasteiger partial charge in [0, 0.05) is 31.9 Å². The average Bonchev–Trinajstić information content (AvgIpc) is 2.83. The lowest BCUT2D eigenvalue weighted by atomic mass is 10.1. The van der Waals surface area contributed by atoms with Gasteiger partial charge >= 0.3 is 0 Å². The second-order valence-corrected chi connectivity index (χ2v) is 9.96. The van der Waals surface area contributed by atoms with Gasteiger partial charge in [0.1, 0.15) is 5.25 Å². The van der Waals surface area contributed by atoms with E-state index in [-0.39, 0.29) is 11.8 Å². The third-order valence-electron chi connectivity index (χ3n) is 5.13. The minimum Gasteiger partial charge on any atom is -0.325 e. The van der Waals surface area contributed by atoms with Crippen LogP contribution < -0.4 is 10.6 Å². The second-order valence-electron chi connectivity index (χ2n) is 7.90. The molecule has 0 fully saturated rings. The maximum Gasteiger partial charge on any atom is 0.255 e. The van der Waals surface area contributed by atoms with Crippen LogP contribution in [-0.4, -0.2) is 11.8 Å². The Kier molecular flexibility index (Phi) is 8.13. The lowest BCUT2D eigenvalue weighted by Gasteiger charge is -2.18. The van der Waals surface area contributed by atoms with E-state index in [1.165, 1.54) is 11.8 Å². The predicted molar refractivity (Wildman–Crippen MR) is 146 cm³/mol. The van der Waals surface area contributed by atoms with Crippen LogP contribution >= 0.6 is 35.0 Å². The lowest BCUT2D eigenvalue weighted by molar-refractivity contribution is -0.115. The number of nitrogens with one attached hydrogen (secondary N) is 2. The molecule has 4 aromatic carbocycles. The number of aryl methyl sites for hydroxylation is 1. The third kappa shape index (κ3) is 6.89. The Morgan fingerprint density at radius 2 is 1.43 bits per heavy atom. The molecule has 2 N–H and O–H groups in total. The summed E-state index contributed by atoms with van der Waals surface area (Å²) in [4.78, 5) is 26.8. The van der Waals surface area contributed by atoms with Crippen molar-refractivity contribution in [1.29, 1.82) is 0 Å². The van der Waals surface area contributed by atoms with Crippen LogP contribution in [0.3, 0.4) is 0 Å². The molecular formula is C28H22Cl2N2O2S. The van der Waals surface area contributed by atoms with Crippen molar-refractivity contribution in [2.75, 3.05) is 10.6 Å². The fraction of sp³-hybridized carbons (Fsp3) is 0.0714. The number of carbonyl (C=O) groups excluding carboxylic acids is 2. The van der Waals surface area contributed by atoms with Gasteiger partial charge in [0.15, 0.2) is 0 Å². The van der Waals surface area contributed by atoms with Crippen molar-refractivity contribution in [3.8, 4) is 0 Å². The van der Waals surface area contributed by atoms with Crippen molar-refractivity contribution in [2.45, 2.75) is 17.1 Å². The molecule has 7 heteroatoms. The largest absolute Gasteiger partial charge is 0.325 e. The quantitative estimate of drug-likeness (QED) is 0.242. The Bertz CT molecular complexity index is 1320. The van der Waals surface area contributed by atoms with E-state index in [0.29, 0.717) is 27.0 Å². The highest BCUT2D eigenvalue weighted by atomic mass is 35.5. The number of amides is 2. The molecule has 176 valence electrons. The SMILES string of the molecule is Cc1ccc(C(=O)Nc2cccc(SC(C(=O)Nc3cc(Cl)cc(Cl)c3)c3ccccc3)c2)cc1. The second kappa shape index (κ2) is 11.5. The molecule has 1 unspecified atom stereocenters. The number of halogens is 2. The molecule has 0 saturated carbocycles. The molecule has 0 aliphatic carbocycles. The highest BCUT2D eigenvalue weighted by molar-refractivity contribution is 8.00. The fourth-order valence-corrected chi connectivity index (χ4v) is 5.04. The van der Waals surface area contributed by atoms with E-state index in [0.717, 1.165) is 16.0 Å². The Morgan fingerprint density at radius 3 is 2.11 bits per heavy atom. The Morgan fingerprint density at radius 1 is 0.743 bits per heavy atom. The smallest absolute Gasteiger partial charge is 0.255 e. The van der Waals surface area contributed by atoms with Gasteiger partial charge in [-0.15, -0.1) is 11.8 Å². The van der Waals surface area contributed by atoms with Crippen LogP contribution in [0.4, 0.5) is 11.4 Å². The summed E-state index contributed by atoms with van der Waals surface area (Å²) >= 11 is 13.6. The van der Waals surface area contributed by atoms with Crippen LogP contribution in [0.1, 0.15) is 26.7 Å². The van der Waals surface area contributed by atoms with Gasteiger partial charge in [-0.25, -0.2) is 0 Å². The van der Waals surface area contributed by atoms with Gasteiger partial charge in [-0.2, -0.15) is 0 Å². The molecule has 0 aromatic heterocycles. The number of thioether (sulfide) groups is 1. The summed E-state index contributed by atoms with van der Waals surface area (Å²) in [5.41, 5.74) is 3.68. The molecule has 1 atom stereocenters. The monoisotopic (exact) mass is 520 g/mol. The molecule has 0 bridgehead atoms. The van der Waals surface area contributed by atoms with Crippen LogP contribution in [0.5, 0.6) is 0 Å². The van der Waals surface area contributed by atoms with Crippen molar-refractivity contribution in [1.82, 2.24) is 0 Å². The zero-order chi connectivity index (χ0) is 24.8. The van der Waals surface area contributed by atoms with E-state index < -0.39 is 5.25 Å². The lowest BCUT2D eigenvalue weighted by Crippen LogP contribution is -2.19. The zero-order valence-electron chi connectivity index (χ0n) is 18.8. The standard InChI is InChI=1S/C28H22Cl2N2O2S/c1-18-10-12-20(13-11-18)27(33)31-23-8-5-9-25(17-23)35-26(19-6-3-2-4-7-19)28(34)32-24-15-21(29)14-22(30)16-24/h2-17,26H,1H3,(H,31,33)(H,32,34).